The number of allylic oxidation sites excluding steroid dienone is 2. The van der Waals surface area contributed by atoms with Crippen molar-refractivity contribution in [2.45, 2.75) is 26.2 Å². The van der Waals surface area contributed by atoms with Crippen molar-refractivity contribution in [1.29, 1.82) is 0 Å². The van der Waals surface area contributed by atoms with Gasteiger partial charge in [-0.05, 0) is 37.7 Å². The maximum absolute atomic E-state index is 6.93. The minimum absolute atomic E-state index is 0.176. The maximum Gasteiger partial charge on any atom is 0.165 e. The third-order valence-corrected chi connectivity index (χ3v) is 13.1. The van der Waals surface area contributed by atoms with E-state index in [-0.39, 0.29) is 5.41 Å². The van der Waals surface area contributed by atoms with Crippen molar-refractivity contribution in [3.8, 4) is 5.69 Å². The molecule has 1 fully saturated rings. The van der Waals surface area contributed by atoms with Crippen LogP contribution in [0.2, 0.25) is 0 Å². The van der Waals surface area contributed by atoms with Gasteiger partial charge in [-0.25, -0.2) is 9.67 Å². The second kappa shape index (κ2) is 8.49. The van der Waals surface area contributed by atoms with Crippen molar-refractivity contribution in [1.82, 2.24) is 19.4 Å². The molecule has 2 aromatic carbocycles. The normalized spacial score (nSPS) is 25.8. The fraction of sp³-hybridized carbons (Fsp3) is 0.357. The van der Waals surface area contributed by atoms with Crippen molar-refractivity contribution in [2.24, 2.45) is 4.99 Å². The minimum Gasteiger partial charge on any atom is -0.346 e. The second-order valence-electron chi connectivity index (χ2n) is 10.5. The number of aryl methyl sites for hydroxylation is 1. The number of para-hydroxylation sites is 2. The van der Waals surface area contributed by atoms with Gasteiger partial charge in [0.2, 0.25) is 0 Å². The molecule has 3 aliphatic heterocycles. The molecule has 0 saturated carbocycles. The summed E-state index contributed by atoms with van der Waals surface area (Å²) < 4.78 is 4.57. The van der Waals surface area contributed by atoms with Crippen LogP contribution in [-0.2, 0) is 17.2 Å². The Hall–Kier alpha value is -2.57. The quantitative estimate of drug-likeness (QED) is 0.458. The summed E-state index contributed by atoms with van der Waals surface area (Å²) >= 11 is 6.93. The van der Waals surface area contributed by atoms with E-state index in [1.165, 1.54) is 22.3 Å². The average molecular weight is 517 g/mol. The summed E-state index contributed by atoms with van der Waals surface area (Å²) in [6, 6.07) is 19.0. The summed E-state index contributed by atoms with van der Waals surface area (Å²) in [5.74, 6) is 0.890. The highest BCUT2D eigenvalue weighted by atomic mass is 32.4. The first-order chi connectivity index (χ1) is 17.2. The van der Waals surface area contributed by atoms with Gasteiger partial charge in [-0.3, -0.25) is 4.67 Å². The van der Waals surface area contributed by atoms with Gasteiger partial charge in [0.15, 0.2) is 5.82 Å². The third-order valence-electron chi connectivity index (χ3n) is 7.93. The van der Waals surface area contributed by atoms with E-state index in [0.29, 0.717) is 0 Å². The van der Waals surface area contributed by atoms with Crippen LogP contribution in [-0.4, -0.2) is 65.8 Å². The van der Waals surface area contributed by atoms with E-state index in [0.717, 1.165) is 48.7 Å². The molecule has 4 heterocycles. The van der Waals surface area contributed by atoms with Gasteiger partial charge in [0, 0.05) is 61.6 Å². The molecule has 1 atom stereocenters. The SMILES string of the molecule is Cc1nn(-c2ccccc2)c2c1P(=S)(N1CCN(C)CC1)/C(=C1\N(C)c3ccccc3C1(C)C)C=N2. The monoisotopic (exact) mass is 516 g/mol. The third kappa shape index (κ3) is 3.33. The minimum atomic E-state index is -2.40. The first-order valence-electron chi connectivity index (χ1n) is 12.6. The maximum atomic E-state index is 6.93. The van der Waals surface area contributed by atoms with Gasteiger partial charge in [0.25, 0.3) is 0 Å². The van der Waals surface area contributed by atoms with E-state index in [1.54, 1.807) is 0 Å². The molecule has 8 heteroatoms. The van der Waals surface area contributed by atoms with Crippen LogP contribution >= 0.6 is 6.19 Å². The lowest BCUT2D eigenvalue weighted by molar-refractivity contribution is 0.229. The Kier molecular flexibility index (Phi) is 5.61. The summed E-state index contributed by atoms with van der Waals surface area (Å²) in [6.07, 6.45) is -0.318. The molecule has 0 bridgehead atoms. The van der Waals surface area contributed by atoms with Gasteiger partial charge < -0.3 is 9.80 Å². The predicted molar refractivity (Wildman–Crippen MR) is 154 cm³/mol. The number of rotatable bonds is 2. The van der Waals surface area contributed by atoms with Crippen LogP contribution < -0.4 is 10.2 Å². The molecule has 3 aliphatic rings. The van der Waals surface area contributed by atoms with Gasteiger partial charge >= 0.3 is 0 Å². The first-order valence-corrected chi connectivity index (χ1v) is 15.3. The molecular formula is C28H33N6PS. The Labute approximate surface area is 219 Å². The standard InChI is InChI=1S/C28H33N6PS/c1-20-25-27(34(30-20)21-11-7-6-8-12-21)29-19-24(35(25,36)33-17-15-31(4)16-18-33)26-28(2,3)22-13-9-10-14-23(22)32(26)5/h6-14,19H,15-18H2,1-5H3/b26-24-. The number of fused-ring (bicyclic) bond motifs is 2. The van der Waals surface area contributed by atoms with Gasteiger partial charge in [-0.15, -0.1) is 0 Å². The van der Waals surface area contributed by atoms with Crippen LogP contribution in [0.4, 0.5) is 11.5 Å². The van der Waals surface area contributed by atoms with Crippen molar-refractivity contribution in [2.75, 3.05) is 45.2 Å². The topological polar surface area (TPSA) is 39.9 Å². The van der Waals surface area contributed by atoms with E-state index in [4.69, 9.17) is 21.9 Å². The zero-order valence-corrected chi connectivity index (χ0v) is 23.4. The largest absolute Gasteiger partial charge is 0.346 e. The summed E-state index contributed by atoms with van der Waals surface area (Å²) in [4.78, 5) is 9.85. The number of hydrogen-bond acceptors (Lipinski definition) is 5. The lowest BCUT2D eigenvalue weighted by Crippen LogP contribution is -2.45. The summed E-state index contributed by atoms with van der Waals surface area (Å²) in [6.45, 7) is 10.7. The fourth-order valence-corrected chi connectivity index (χ4v) is 11.0. The summed E-state index contributed by atoms with van der Waals surface area (Å²) in [7, 11) is 4.38. The molecular weight excluding hydrogens is 483 g/mol. The number of anilines is 1. The highest BCUT2D eigenvalue weighted by Gasteiger charge is 2.47. The van der Waals surface area contributed by atoms with Crippen LogP contribution in [0.25, 0.3) is 5.69 Å². The van der Waals surface area contributed by atoms with Crippen LogP contribution in [0, 0.1) is 6.92 Å². The van der Waals surface area contributed by atoms with Crippen LogP contribution in [0.1, 0.15) is 25.1 Å². The van der Waals surface area contributed by atoms with E-state index in [9.17, 15) is 0 Å². The van der Waals surface area contributed by atoms with Crippen LogP contribution in [0.3, 0.4) is 0 Å². The van der Waals surface area contributed by atoms with Crippen molar-refractivity contribution in [3.05, 3.63) is 76.9 Å². The first kappa shape index (κ1) is 23.8. The molecule has 3 aromatic rings. The Balaban J connectivity index is 1.62. The highest BCUT2D eigenvalue weighted by Crippen LogP contribution is 2.64. The summed E-state index contributed by atoms with van der Waals surface area (Å²) in [5.41, 5.74) is 5.69. The van der Waals surface area contributed by atoms with Gasteiger partial charge in [-0.1, -0.05) is 62.1 Å². The Morgan fingerprint density at radius 2 is 1.58 bits per heavy atom. The lowest BCUT2D eigenvalue weighted by atomic mass is 9.84. The molecule has 1 aromatic heterocycles. The molecule has 0 radical (unpaired) electrons. The fourth-order valence-electron chi connectivity index (χ4n) is 6.08. The average Bonchev–Trinajstić information content (AvgIpc) is 3.32. The molecule has 186 valence electrons. The number of likely N-dealkylation sites (N-methyl/N-ethyl adjacent to an activating group) is 2. The van der Waals surface area contributed by atoms with Gasteiger partial charge in [0.1, 0.15) is 0 Å². The van der Waals surface area contributed by atoms with Crippen molar-refractivity contribution < 1.29 is 0 Å². The zero-order chi connectivity index (χ0) is 25.2. The molecule has 0 spiro atoms. The predicted octanol–water partition coefficient (Wildman–Crippen LogP) is 4.80. The number of piperazine rings is 1. The smallest absolute Gasteiger partial charge is 0.165 e. The van der Waals surface area contributed by atoms with E-state index < -0.39 is 6.19 Å². The zero-order valence-electron chi connectivity index (χ0n) is 21.6. The summed E-state index contributed by atoms with van der Waals surface area (Å²) in [5, 5.41) is 7.37. The second-order valence-corrected chi connectivity index (χ2v) is 14.8. The number of aliphatic imine (C=N–C) groups is 1. The molecule has 0 aliphatic carbocycles. The number of hydrogen-bond donors (Lipinski definition) is 0. The Morgan fingerprint density at radius 3 is 2.28 bits per heavy atom. The van der Waals surface area contributed by atoms with Gasteiger partial charge in [0.05, 0.1) is 22.9 Å². The molecule has 6 nitrogen and oxygen atoms in total. The lowest BCUT2D eigenvalue weighted by Gasteiger charge is -2.43. The number of nitrogens with zero attached hydrogens (tertiary/aromatic N) is 6. The number of aromatic nitrogens is 2. The highest BCUT2D eigenvalue weighted by molar-refractivity contribution is 8.19. The van der Waals surface area contributed by atoms with E-state index in [2.05, 4.69) is 91.9 Å². The van der Waals surface area contributed by atoms with Gasteiger partial charge in [-0.2, -0.15) is 5.10 Å². The van der Waals surface area contributed by atoms with Crippen molar-refractivity contribution in [3.63, 3.8) is 0 Å². The molecule has 36 heavy (non-hydrogen) atoms. The molecule has 6 rings (SSSR count). The van der Waals surface area contributed by atoms with E-state index in [1.807, 2.05) is 22.9 Å². The van der Waals surface area contributed by atoms with Crippen LogP contribution in [0.5, 0.6) is 0 Å². The van der Waals surface area contributed by atoms with Crippen LogP contribution in [0.15, 0.2) is 70.6 Å². The van der Waals surface area contributed by atoms with Crippen molar-refractivity contribution >= 4 is 41.0 Å². The molecule has 1 saturated heterocycles. The Morgan fingerprint density at radius 1 is 0.917 bits per heavy atom. The molecule has 0 N–H and O–H groups in total. The molecule has 1 unspecified atom stereocenters. The number of benzene rings is 2. The Bertz CT molecular complexity index is 1450. The molecule has 0 amide bonds. The van der Waals surface area contributed by atoms with E-state index >= 15 is 0 Å².